The van der Waals surface area contributed by atoms with Crippen LogP contribution in [0.3, 0.4) is 0 Å². The smallest absolute Gasteiger partial charge is 0.361 e. The molecule has 0 radical (unpaired) electrons. The quantitative estimate of drug-likeness (QED) is 0.601. The summed E-state index contributed by atoms with van der Waals surface area (Å²) >= 11 is 0. The van der Waals surface area contributed by atoms with E-state index < -0.39 is 8.97 Å². The zero-order chi connectivity index (χ0) is 11.9. The van der Waals surface area contributed by atoms with Crippen molar-refractivity contribution in [3.05, 3.63) is 0 Å². The molecule has 0 heterocycles. The summed E-state index contributed by atoms with van der Waals surface area (Å²) in [6, 6.07) is 0.348. The van der Waals surface area contributed by atoms with Crippen molar-refractivity contribution in [3.8, 4) is 0 Å². The van der Waals surface area contributed by atoms with Crippen LogP contribution in [0.15, 0.2) is 0 Å². The first kappa shape index (κ1) is 15.1. The monoisotopic (exact) mass is 235 g/mol. The van der Waals surface area contributed by atoms with E-state index in [-0.39, 0.29) is 0 Å². The van der Waals surface area contributed by atoms with Gasteiger partial charge in [0.15, 0.2) is 0 Å². The van der Waals surface area contributed by atoms with E-state index in [0.29, 0.717) is 25.9 Å². The van der Waals surface area contributed by atoms with Gasteiger partial charge in [0.05, 0.1) is 0 Å². The summed E-state index contributed by atoms with van der Waals surface area (Å²) in [5.41, 5.74) is 0. The molecule has 0 unspecified atom stereocenters. The Bertz CT molecular complexity index is 150. The maximum Gasteiger partial charge on any atom is 0.599 e. The molecule has 0 aromatic heterocycles. The summed E-state index contributed by atoms with van der Waals surface area (Å²) in [7, 11) is -0.631. The lowest BCUT2D eigenvalue weighted by Crippen LogP contribution is -2.61. The van der Waals surface area contributed by atoms with Crippen LogP contribution in [-0.4, -0.2) is 46.4 Å². The molecule has 0 aliphatic carbocycles. The number of hydrogen-bond acceptors (Lipinski definition) is 4. The van der Waals surface area contributed by atoms with Gasteiger partial charge in [0.1, 0.15) is 0 Å². The molecule has 0 fully saturated rings. The zero-order valence-electron chi connectivity index (χ0n) is 10.9. The molecule has 0 bridgehead atoms. The predicted octanol–water partition coefficient (Wildman–Crippen LogP) is 1.87. The van der Waals surface area contributed by atoms with E-state index in [0.717, 1.165) is 0 Å². The zero-order valence-corrected chi connectivity index (χ0v) is 11.9. The van der Waals surface area contributed by atoms with Crippen LogP contribution in [0.1, 0.15) is 34.6 Å². The first-order chi connectivity index (χ1) is 7.04. The van der Waals surface area contributed by atoms with Gasteiger partial charge in [-0.05, 0) is 27.8 Å². The highest BCUT2D eigenvalue weighted by molar-refractivity contribution is 6.57. The Hall–Kier alpha value is 0.0569. The van der Waals surface area contributed by atoms with Gasteiger partial charge in [0.25, 0.3) is 0 Å². The van der Waals surface area contributed by atoms with Gasteiger partial charge >= 0.3 is 8.97 Å². The van der Waals surface area contributed by atoms with Crippen molar-refractivity contribution in [1.82, 2.24) is 4.57 Å². The Labute approximate surface area is 95.0 Å². The van der Waals surface area contributed by atoms with Crippen molar-refractivity contribution in [3.63, 3.8) is 0 Å². The van der Waals surface area contributed by atoms with E-state index in [1.165, 1.54) is 0 Å². The van der Waals surface area contributed by atoms with Crippen molar-refractivity contribution >= 4 is 8.97 Å². The highest BCUT2D eigenvalue weighted by Crippen LogP contribution is 2.16. The second-order valence-corrected chi connectivity index (χ2v) is 6.15. The molecule has 0 spiro atoms. The van der Waals surface area contributed by atoms with E-state index >= 15 is 0 Å². The molecule has 0 aliphatic heterocycles. The van der Waals surface area contributed by atoms with Crippen LogP contribution in [0.4, 0.5) is 0 Å². The molecule has 0 atom stereocenters. The number of rotatable bonds is 8. The summed E-state index contributed by atoms with van der Waals surface area (Å²) in [6.45, 7) is 12.0. The van der Waals surface area contributed by atoms with Gasteiger partial charge in [-0.2, -0.15) is 0 Å². The minimum absolute atomic E-state index is 0.348. The molecular formula is C10H25NO3Si. The molecule has 0 aromatic carbocycles. The second-order valence-electron chi connectivity index (χ2n) is 3.53. The minimum atomic E-state index is -2.63. The molecule has 5 heteroatoms. The van der Waals surface area contributed by atoms with Gasteiger partial charge in [-0.1, -0.05) is 13.8 Å². The van der Waals surface area contributed by atoms with Crippen LogP contribution in [0.2, 0.25) is 0 Å². The first-order valence-corrected chi connectivity index (χ1v) is 7.36. The van der Waals surface area contributed by atoms with Crippen molar-refractivity contribution in [2.75, 3.05) is 26.9 Å². The van der Waals surface area contributed by atoms with Crippen LogP contribution in [0.5, 0.6) is 0 Å². The molecule has 0 aromatic rings. The molecule has 0 rings (SSSR count). The molecule has 0 N–H and O–H groups in total. The number of nitrogens with zero attached hydrogens (tertiary/aromatic N) is 1. The summed E-state index contributed by atoms with van der Waals surface area (Å²) in [4.78, 5) is 0. The average Bonchev–Trinajstić information content (AvgIpc) is 2.17. The Morgan fingerprint density at radius 1 is 0.933 bits per heavy atom. The third-order valence-corrected chi connectivity index (χ3v) is 5.53. The normalized spacial score (nSPS) is 12.8. The third kappa shape index (κ3) is 4.20. The highest BCUT2D eigenvalue weighted by atomic mass is 28.4. The minimum Gasteiger partial charge on any atom is -0.361 e. The topological polar surface area (TPSA) is 30.9 Å². The third-order valence-electron chi connectivity index (χ3n) is 2.19. The van der Waals surface area contributed by atoms with Crippen LogP contribution < -0.4 is 0 Å². The van der Waals surface area contributed by atoms with Gasteiger partial charge in [-0.15, -0.1) is 0 Å². The fraction of sp³-hybridized carbons (Fsp3) is 1.00. The summed E-state index contributed by atoms with van der Waals surface area (Å²) in [5.74, 6) is 0. The molecule has 0 amide bonds. The molecule has 92 valence electrons. The highest BCUT2D eigenvalue weighted by Gasteiger charge is 2.47. The van der Waals surface area contributed by atoms with Crippen molar-refractivity contribution < 1.29 is 13.3 Å². The lowest BCUT2D eigenvalue weighted by atomic mass is 10.4. The van der Waals surface area contributed by atoms with Crippen molar-refractivity contribution in [1.29, 1.82) is 0 Å². The van der Waals surface area contributed by atoms with E-state index in [9.17, 15) is 0 Å². The summed E-state index contributed by atoms with van der Waals surface area (Å²) in [6.07, 6.45) is 0. The standard InChI is InChI=1S/C10H25NO3Si/c1-7-12-15(13-8-2,14-9-3)11(6)10(4)5/h10H,7-9H2,1-6H3. The van der Waals surface area contributed by atoms with E-state index in [4.69, 9.17) is 13.3 Å². The Kier molecular flexibility index (Phi) is 7.38. The van der Waals surface area contributed by atoms with Crippen LogP contribution in [-0.2, 0) is 13.3 Å². The Balaban J connectivity index is 4.73. The maximum atomic E-state index is 5.75. The summed E-state index contributed by atoms with van der Waals surface area (Å²) < 4.78 is 19.3. The average molecular weight is 235 g/mol. The predicted molar refractivity (Wildman–Crippen MR) is 63.5 cm³/mol. The lowest BCUT2D eigenvalue weighted by molar-refractivity contribution is 0.0164. The number of hydrogen-bond donors (Lipinski definition) is 0. The van der Waals surface area contributed by atoms with Gasteiger partial charge < -0.3 is 13.3 Å². The van der Waals surface area contributed by atoms with Gasteiger partial charge in [0, 0.05) is 25.9 Å². The molecule has 15 heavy (non-hydrogen) atoms. The second kappa shape index (κ2) is 7.35. The van der Waals surface area contributed by atoms with Crippen LogP contribution in [0, 0.1) is 0 Å². The molecule has 0 aliphatic rings. The van der Waals surface area contributed by atoms with Gasteiger partial charge in [0.2, 0.25) is 0 Å². The molecule has 0 saturated heterocycles. The SMILES string of the molecule is CCO[Si](OCC)(OCC)N(C)C(C)C. The van der Waals surface area contributed by atoms with Crippen molar-refractivity contribution in [2.24, 2.45) is 0 Å². The van der Waals surface area contributed by atoms with Gasteiger partial charge in [-0.25, -0.2) is 0 Å². The fourth-order valence-corrected chi connectivity index (χ4v) is 3.88. The van der Waals surface area contributed by atoms with Gasteiger partial charge in [-0.3, -0.25) is 4.57 Å². The maximum absolute atomic E-state index is 5.75. The van der Waals surface area contributed by atoms with E-state index in [2.05, 4.69) is 18.4 Å². The lowest BCUT2D eigenvalue weighted by Gasteiger charge is -2.37. The van der Waals surface area contributed by atoms with E-state index in [1.54, 1.807) is 0 Å². The first-order valence-electron chi connectivity index (χ1n) is 5.68. The van der Waals surface area contributed by atoms with Crippen molar-refractivity contribution in [2.45, 2.75) is 40.7 Å². The molecule has 0 saturated carbocycles. The molecule has 4 nitrogen and oxygen atoms in total. The Morgan fingerprint density at radius 2 is 1.27 bits per heavy atom. The molecular weight excluding hydrogens is 210 g/mol. The van der Waals surface area contributed by atoms with E-state index in [1.807, 2.05) is 27.8 Å². The van der Waals surface area contributed by atoms with Crippen LogP contribution in [0.25, 0.3) is 0 Å². The van der Waals surface area contributed by atoms with Crippen LogP contribution >= 0.6 is 0 Å². The Morgan fingerprint density at radius 3 is 1.47 bits per heavy atom. The fourth-order valence-electron chi connectivity index (χ4n) is 1.29. The summed E-state index contributed by atoms with van der Waals surface area (Å²) in [5, 5.41) is 0. The largest absolute Gasteiger partial charge is 0.599 e.